The predicted octanol–water partition coefficient (Wildman–Crippen LogP) is 1.18. The molecule has 0 saturated carbocycles. The van der Waals surface area contributed by atoms with Crippen LogP contribution in [-0.2, 0) is 11.3 Å². The van der Waals surface area contributed by atoms with E-state index in [-0.39, 0.29) is 6.61 Å². The molecule has 0 saturated heterocycles. The Morgan fingerprint density at radius 3 is 2.44 bits per heavy atom. The number of carbonyl (C=O) groups excluding carboxylic acids is 1. The van der Waals surface area contributed by atoms with Gasteiger partial charge in [-0.2, -0.15) is 0 Å². The topological polar surface area (TPSA) is 64.3 Å². The largest absolute Gasteiger partial charge is 0.487 e. The molecule has 1 aromatic rings. The van der Waals surface area contributed by atoms with Gasteiger partial charge in [-0.05, 0) is 24.7 Å². The number of ether oxygens (including phenoxy) is 1. The molecular formula is C12H16F2N2O2. The standard InChI is InChI=1S/C12H16F2N2O2/c1-7(12(15)17)6-18-11-9(13)3-8(5-16-2)4-10(11)14/h3-4,7,16H,5-6H2,1-2H3,(H2,15,17). The number of nitrogens with two attached hydrogens (primary N) is 1. The van der Waals surface area contributed by atoms with Crippen LogP contribution in [0, 0.1) is 17.6 Å². The van der Waals surface area contributed by atoms with Crippen LogP contribution in [0.1, 0.15) is 12.5 Å². The fraction of sp³-hybridized carbons (Fsp3) is 0.417. The van der Waals surface area contributed by atoms with Crippen LogP contribution < -0.4 is 15.8 Å². The molecule has 0 spiro atoms. The summed E-state index contributed by atoms with van der Waals surface area (Å²) in [6.07, 6.45) is 0. The van der Waals surface area contributed by atoms with Crippen LogP contribution in [0.3, 0.4) is 0 Å². The van der Waals surface area contributed by atoms with Crippen molar-refractivity contribution in [2.75, 3.05) is 13.7 Å². The Labute approximate surface area is 104 Å². The van der Waals surface area contributed by atoms with Crippen molar-refractivity contribution in [1.29, 1.82) is 0 Å². The molecule has 4 nitrogen and oxygen atoms in total. The lowest BCUT2D eigenvalue weighted by Gasteiger charge is -2.12. The number of carbonyl (C=O) groups is 1. The van der Waals surface area contributed by atoms with Crippen molar-refractivity contribution in [3.8, 4) is 5.75 Å². The van der Waals surface area contributed by atoms with Gasteiger partial charge in [-0.3, -0.25) is 4.79 Å². The van der Waals surface area contributed by atoms with Gasteiger partial charge in [0.1, 0.15) is 0 Å². The molecule has 1 unspecified atom stereocenters. The molecule has 0 aromatic heterocycles. The van der Waals surface area contributed by atoms with E-state index in [0.717, 1.165) is 0 Å². The summed E-state index contributed by atoms with van der Waals surface area (Å²) in [6.45, 7) is 1.72. The second kappa shape index (κ2) is 6.30. The van der Waals surface area contributed by atoms with Crippen LogP contribution in [0.4, 0.5) is 8.78 Å². The van der Waals surface area contributed by atoms with Gasteiger partial charge < -0.3 is 15.8 Å². The molecule has 1 aromatic carbocycles. The van der Waals surface area contributed by atoms with Crippen LogP contribution in [0.15, 0.2) is 12.1 Å². The van der Waals surface area contributed by atoms with Gasteiger partial charge in [-0.1, -0.05) is 6.92 Å². The monoisotopic (exact) mass is 258 g/mol. The second-order valence-corrected chi connectivity index (χ2v) is 4.03. The van der Waals surface area contributed by atoms with Crippen LogP contribution in [-0.4, -0.2) is 19.6 Å². The van der Waals surface area contributed by atoms with Gasteiger partial charge in [0.25, 0.3) is 0 Å². The zero-order valence-corrected chi connectivity index (χ0v) is 10.3. The Hall–Kier alpha value is -1.69. The summed E-state index contributed by atoms with van der Waals surface area (Å²) in [5, 5.41) is 2.79. The average molecular weight is 258 g/mol. The number of halogens is 2. The number of hydrogen-bond donors (Lipinski definition) is 2. The smallest absolute Gasteiger partial charge is 0.223 e. The summed E-state index contributed by atoms with van der Waals surface area (Å²) in [6, 6.07) is 2.37. The number of amides is 1. The first-order valence-corrected chi connectivity index (χ1v) is 5.50. The lowest BCUT2D eigenvalue weighted by atomic mass is 10.2. The maximum absolute atomic E-state index is 13.6. The van der Waals surface area contributed by atoms with Crippen molar-refractivity contribution in [1.82, 2.24) is 5.32 Å². The zero-order valence-electron chi connectivity index (χ0n) is 10.3. The highest BCUT2D eigenvalue weighted by Gasteiger charge is 2.15. The highest BCUT2D eigenvalue weighted by atomic mass is 19.1. The molecule has 0 heterocycles. The molecule has 3 N–H and O–H groups in total. The van der Waals surface area contributed by atoms with Gasteiger partial charge in [0.05, 0.1) is 12.5 Å². The highest BCUT2D eigenvalue weighted by Crippen LogP contribution is 2.23. The minimum absolute atomic E-state index is 0.158. The number of rotatable bonds is 6. The predicted molar refractivity (Wildman–Crippen MR) is 63.0 cm³/mol. The quantitative estimate of drug-likeness (QED) is 0.805. The van der Waals surface area contributed by atoms with E-state index < -0.39 is 29.2 Å². The summed E-state index contributed by atoms with van der Waals surface area (Å²) >= 11 is 0. The summed E-state index contributed by atoms with van der Waals surface area (Å²) < 4.78 is 32.1. The fourth-order valence-corrected chi connectivity index (χ4v) is 1.35. The zero-order chi connectivity index (χ0) is 13.7. The summed E-state index contributed by atoms with van der Waals surface area (Å²) in [7, 11) is 1.68. The van der Waals surface area contributed by atoms with Gasteiger partial charge in [0.15, 0.2) is 17.4 Å². The molecule has 0 aliphatic heterocycles. The molecule has 0 aliphatic rings. The lowest BCUT2D eigenvalue weighted by molar-refractivity contribution is -0.122. The van der Waals surface area contributed by atoms with E-state index in [2.05, 4.69) is 5.32 Å². The van der Waals surface area contributed by atoms with Crippen molar-refractivity contribution in [3.63, 3.8) is 0 Å². The normalized spacial score (nSPS) is 12.2. The number of nitrogens with one attached hydrogen (secondary N) is 1. The first-order valence-electron chi connectivity index (χ1n) is 5.50. The molecule has 0 radical (unpaired) electrons. The van der Waals surface area contributed by atoms with Crippen LogP contribution in [0.2, 0.25) is 0 Å². The summed E-state index contributed by atoms with van der Waals surface area (Å²) in [5.74, 6) is -3.26. The first kappa shape index (κ1) is 14.4. The summed E-state index contributed by atoms with van der Waals surface area (Å²) in [5.41, 5.74) is 5.50. The Balaban J connectivity index is 2.80. The van der Waals surface area contributed by atoms with Crippen LogP contribution in [0.25, 0.3) is 0 Å². The van der Waals surface area contributed by atoms with Crippen molar-refractivity contribution < 1.29 is 18.3 Å². The molecule has 0 fully saturated rings. The third-order valence-electron chi connectivity index (χ3n) is 2.40. The Morgan fingerprint density at radius 1 is 1.44 bits per heavy atom. The highest BCUT2D eigenvalue weighted by molar-refractivity contribution is 5.76. The molecule has 100 valence electrons. The van der Waals surface area contributed by atoms with E-state index in [1.165, 1.54) is 19.1 Å². The third-order valence-corrected chi connectivity index (χ3v) is 2.40. The van der Waals surface area contributed by atoms with E-state index in [1.807, 2.05) is 0 Å². The SMILES string of the molecule is CNCc1cc(F)c(OCC(C)C(N)=O)c(F)c1. The maximum Gasteiger partial charge on any atom is 0.223 e. The molecule has 0 bridgehead atoms. The number of benzene rings is 1. The first-order chi connectivity index (χ1) is 8.45. The van der Waals surface area contributed by atoms with Crippen LogP contribution in [0.5, 0.6) is 5.75 Å². The lowest BCUT2D eigenvalue weighted by Crippen LogP contribution is -2.26. The third kappa shape index (κ3) is 3.66. The van der Waals surface area contributed by atoms with Gasteiger partial charge in [-0.15, -0.1) is 0 Å². The van der Waals surface area contributed by atoms with E-state index in [4.69, 9.17) is 10.5 Å². The number of hydrogen-bond acceptors (Lipinski definition) is 3. The van der Waals surface area contributed by atoms with Gasteiger partial charge in [0.2, 0.25) is 5.91 Å². The number of primary amides is 1. The van der Waals surface area contributed by atoms with Crippen LogP contribution >= 0.6 is 0 Å². The molecule has 1 atom stereocenters. The Kier molecular flexibility index (Phi) is 5.03. The molecule has 1 amide bonds. The molecule has 18 heavy (non-hydrogen) atoms. The average Bonchev–Trinajstić information content (AvgIpc) is 2.27. The minimum Gasteiger partial charge on any atom is -0.487 e. The van der Waals surface area contributed by atoms with Gasteiger partial charge in [-0.25, -0.2) is 8.78 Å². The van der Waals surface area contributed by atoms with E-state index >= 15 is 0 Å². The van der Waals surface area contributed by atoms with Crippen molar-refractivity contribution >= 4 is 5.91 Å². The Morgan fingerprint density at radius 2 is 2.00 bits per heavy atom. The van der Waals surface area contributed by atoms with Crippen molar-refractivity contribution in [2.45, 2.75) is 13.5 Å². The minimum atomic E-state index is -0.795. The molecular weight excluding hydrogens is 242 g/mol. The molecule has 6 heteroatoms. The van der Waals surface area contributed by atoms with Crippen molar-refractivity contribution in [2.24, 2.45) is 11.7 Å². The molecule has 0 aliphatic carbocycles. The van der Waals surface area contributed by atoms with Crippen molar-refractivity contribution in [3.05, 3.63) is 29.3 Å². The molecule has 1 rings (SSSR count). The summed E-state index contributed by atoms with van der Waals surface area (Å²) in [4.78, 5) is 10.8. The van der Waals surface area contributed by atoms with Gasteiger partial charge >= 0.3 is 0 Å². The fourth-order valence-electron chi connectivity index (χ4n) is 1.35. The van der Waals surface area contributed by atoms with E-state index in [1.54, 1.807) is 7.05 Å². The van der Waals surface area contributed by atoms with E-state index in [9.17, 15) is 13.6 Å². The second-order valence-electron chi connectivity index (χ2n) is 4.03. The maximum atomic E-state index is 13.6. The van der Waals surface area contributed by atoms with Gasteiger partial charge in [0, 0.05) is 6.54 Å². The van der Waals surface area contributed by atoms with E-state index in [0.29, 0.717) is 12.1 Å². The Bertz CT molecular complexity index is 415.